The molecule has 0 bridgehead atoms. The molecule has 1 N–H and O–H groups in total. The molecule has 0 fully saturated rings. The van der Waals surface area contributed by atoms with Gasteiger partial charge in [0.05, 0.1) is 0 Å². The van der Waals surface area contributed by atoms with Gasteiger partial charge in [-0.15, -0.1) is 0 Å². The monoisotopic (exact) mass is 240 g/mol. The first-order valence-electron chi connectivity index (χ1n) is 5.92. The van der Waals surface area contributed by atoms with Crippen molar-refractivity contribution in [1.82, 2.24) is 10.3 Å². The summed E-state index contributed by atoms with van der Waals surface area (Å²) >= 11 is 5.76. The van der Waals surface area contributed by atoms with Gasteiger partial charge in [-0.05, 0) is 31.4 Å². The van der Waals surface area contributed by atoms with Gasteiger partial charge in [-0.25, -0.2) is 4.98 Å². The number of hydrogen-bond acceptors (Lipinski definition) is 2. The van der Waals surface area contributed by atoms with Crippen LogP contribution in [0.5, 0.6) is 0 Å². The van der Waals surface area contributed by atoms with Crippen molar-refractivity contribution in [3.63, 3.8) is 0 Å². The predicted molar refractivity (Wildman–Crippen MR) is 69.7 cm³/mol. The van der Waals surface area contributed by atoms with Crippen LogP contribution in [0.15, 0.2) is 18.3 Å². The fraction of sp³-hybridized carbons (Fsp3) is 0.615. The van der Waals surface area contributed by atoms with E-state index < -0.39 is 0 Å². The van der Waals surface area contributed by atoms with Gasteiger partial charge in [-0.2, -0.15) is 0 Å². The summed E-state index contributed by atoms with van der Waals surface area (Å²) < 4.78 is 0. The van der Waals surface area contributed by atoms with E-state index in [1.54, 1.807) is 0 Å². The number of aromatic nitrogens is 1. The van der Waals surface area contributed by atoms with E-state index in [4.69, 9.17) is 11.6 Å². The van der Waals surface area contributed by atoms with Crippen molar-refractivity contribution in [2.24, 2.45) is 5.92 Å². The van der Waals surface area contributed by atoms with E-state index in [-0.39, 0.29) is 0 Å². The first-order chi connectivity index (χ1) is 7.54. The lowest BCUT2D eigenvalue weighted by Crippen LogP contribution is -2.33. The van der Waals surface area contributed by atoms with Crippen molar-refractivity contribution >= 4 is 11.6 Å². The lowest BCUT2D eigenvalue weighted by molar-refractivity contribution is 0.360. The first kappa shape index (κ1) is 13.5. The molecule has 1 rings (SSSR count). The van der Waals surface area contributed by atoms with Gasteiger partial charge < -0.3 is 5.32 Å². The quantitative estimate of drug-likeness (QED) is 0.792. The van der Waals surface area contributed by atoms with E-state index in [1.807, 2.05) is 18.3 Å². The fourth-order valence-corrected chi connectivity index (χ4v) is 1.76. The van der Waals surface area contributed by atoms with E-state index in [0.29, 0.717) is 23.2 Å². The lowest BCUT2D eigenvalue weighted by atomic mass is 9.99. The van der Waals surface area contributed by atoms with Gasteiger partial charge in [0.25, 0.3) is 0 Å². The van der Waals surface area contributed by atoms with Crippen molar-refractivity contribution < 1.29 is 0 Å². The molecule has 0 saturated carbocycles. The van der Waals surface area contributed by atoms with Crippen molar-refractivity contribution in [1.29, 1.82) is 0 Å². The minimum Gasteiger partial charge on any atom is -0.307 e. The van der Waals surface area contributed by atoms with Crippen LogP contribution < -0.4 is 5.32 Å². The Morgan fingerprint density at radius 1 is 1.31 bits per heavy atom. The highest BCUT2D eigenvalue weighted by Crippen LogP contribution is 2.16. The summed E-state index contributed by atoms with van der Waals surface area (Å²) in [7, 11) is 0. The van der Waals surface area contributed by atoms with Crippen LogP contribution in [-0.2, 0) is 0 Å². The molecule has 0 radical (unpaired) electrons. The first-order valence-corrected chi connectivity index (χ1v) is 6.29. The summed E-state index contributed by atoms with van der Waals surface area (Å²) in [6.07, 6.45) is 3.03. The van der Waals surface area contributed by atoms with Crippen LogP contribution in [0.4, 0.5) is 0 Å². The Hall–Kier alpha value is -0.600. The Bertz CT molecular complexity index is 310. The molecule has 90 valence electrons. The topological polar surface area (TPSA) is 24.9 Å². The third kappa shape index (κ3) is 3.76. The normalized spacial score (nSPS) is 16.8. The Morgan fingerprint density at radius 3 is 2.50 bits per heavy atom. The molecule has 2 nitrogen and oxygen atoms in total. The standard InChI is InChI=1S/C13H21ClN2/c1-5-9(2)10(3)16-11(4)12-6-7-13(14)15-8-12/h6-11,16H,5H2,1-4H3. The summed E-state index contributed by atoms with van der Waals surface area (Å²) in [4.78, 5) is 4.10. The van der Waals surface area contributed by atoms with E-state index in [1.165, 1.54) is 12.0 Å². The number of pyridine rings is 1. The Labute approximate surface area is 103 Å². The minimum atomic E-state index is 0.314. The molecule has 16 heavy (non-hydrogen) atoms. The zero-order valence-corrected chi connectivity index (χ0v) is 11.3. The fourth-order valence-electron chi connectivity index (χ4n) is 1.65. The van der Waals surface area contributed by atoms with Crippen molar-refractivity contribution in [2.45, 2.75) is 46.2 Å². The van der Waals surface area contributed by atoms with Gasteiger partial charge in [0.1, 0.15) is 5.15 Å². The van der Waals surface area contributed by atoms with Crippen molar-refractivity contribution in [3.05, 3.63) is 29.0 Å². The summed E-state index contributed by atoms with van der Waals surface area (Å²) in [5.41, 5.74) is 1.18. The molecule has 0 spiro atoms. The summed E-state index contributed by atoms with van der Waals surface area (Å²) in [6, 6.07) is 4.68. The van der Waals surface area contributed by atoms with E-state index in [2.05, 4.69) is 38.0 Å². The largest absolute Gasteiger partial charge is 0.307 e. The average molecular weight is 241 g/mol. The van der Waals surface area contributed by atoms with Crippen LogP contribution >= 0.6 is 11.6 Å². The Morgan fingerprint density at radius 2 is 2.00 bits per heavy atom. The Kier molecular flexibility index (Phi) is 5.23. The van der Waals surface area contributed by atoms with Crippen molar-refractivity contribution in [2.75, 3.05) is 0 Å². The number of hydrogen-bond donors (Lipinski definition) is 1. The smallest absolute Gasteiger partial charge is 0.129 e. The molecule has 0 aliphatic heterocycles. The molecule has 0 aliphatic rings. The Balaban J connectivity index is 2.58. The molecule has 0 aliphatic carbocycles. The van der Waals surface area contributed by atoms with Crippen LogP contribution in [0.1, 0.15) is 45.7 Å². The SMILES string of the molecule is CCC(C)C(C)NC(C)c1ccc(Cl)nc1. The summed E-state index contributed by atoms with van der Waals surface area (Å²) in [5.74, 6) is 0.683. The highest BCUT2D eigenvalue weighted by atomic mass is 35.5. The molecule has 1 heterocycles. The molecule has 3 atom stereocenters. The van der Waals surface area contributed by atoms with Crippen LogP contribution in [0.2, 0.25) is 5.15 Å². The maximum atomic E-state index is 5.76. The van der Waals surface area contributed by atoms with Gasteiger partial charge in [-0.3, -0.25) is 0 Å². The minimum absolute atomic E-state index is 0.314. The maximum Gasteiger partial charge on any atom is 0.129 e. The number of halogens is 1. The molecule has 3 heteroatoms. The highest BCUT2D eigenvalue weighted by Gasteiger charge is 2.14. The maximum absolute atomic E-state index is 5.76. The number of rotatable bonds is 5. The van der Waals surface area contributed by atoms with Crippen molar-refractivity contribution in [3.8, 4) is 0 Å². The van der Waals surface area contributed by atoms with Gasteiger partial charge >= 0.3 is 0 Å². The molecule has 1 aromatic heterocycles. The second-order valence-corrected chi connectivity index (χ2v) is 4.86. The molecular formula is C13H21ClN2. The summed E-state index contributed by atoms with van der Waals surface area (Å²) in [6.45, 7) is 8.87. The third-order valence-electron chi connectivity index (χ3n) is 3.26. The molecule has 0 aromatic carbocycles. The molecule has 3 unspecified atom stereocenters. The molecular weight excluding hydrogens is 220 g/mol. The number of nitrogens with zero attached hydrogens (tertiary/aromatic N) is 1. The molecule has 1 aromatic rings. The second-order valence-electron chi connectivity index (χ2n) is 4.48. The lowest BCUT2D eigenvalue weighted by Gasteiger charge is -2.24. The highest BCUT2D eigenvalue weighted by molar-refractivity contribution is 6.29. The third-order valence-corrected chi connectivity index (χ3v) is 3.48. The number of nitrogens with one attached hydrogen (secondary N) is 1. The van der Waals surface area contributed by atoms with Crippen LogP contribution in [0.25, 0.3) is 0 Å². The van der Waals surface area contributed by atoms with Crippen LogP contribution in [-0.4, -0.2) is 11.0 Å². The van der Waals surface area contributed by atoms with E-state index >= 15 is 0 Å². The van der Waals surface area contributed by atoms with Gasteiger partial charge in [-0.1, -0.05) is 37.9 Å². The zero-order chi connectivity index (χ0) is 12.1. The predicted octanol–water partition coefficient (Wildman–Crippen LogP) is 3.82. The van der Waals surface area contributed by atoms with Crippen LogP contribution in [0, 0.1) is 5.92 Å². The zero-order valence-electron chi connectivity index (χ0n) is 10.5. The second kappa shape index (κ2) is 6.21. The van der Waals surface area contributed by atoms with Crippen LogP contribution in [0.3, 0.4) is 0 Å². The average Bonchev–Trinajstić information content (AvgIpc) is 2.28. The van der Waals surface area contributed by atoms with Gasteiger partial charge in [0.15, 0.2) is 0 Å². The molecule has 0 saturated heterocycles. The van der Waals surface area contributed by atoms with Gasteiger partial charge in [0, 0.05) is 18.3 Å². The molecule has 0 amide bonds. The van der Waals surface area contributed by atoms with E-state index in [9.17, 15) is 0 Å². The van der Waals surface area contributed by atoms with Gasteiger partial charge in [0.2, 0.25) is 0 Å². The summed E-state index contributed by atoms with van der Waals surface area (Å²) in [5, 5.41) is 4.13. The van der Waals surface area contributed by atoms with E-state index in [0.717, 1.165) is 0 Å².